The van der Waals surface area contributed by atoms with Crippen molar-refractivity contribution in [1.29, 1.82) is 0 Å². The zero-order valence-electron chi connectivity index (χ0n) is 19.4. The maximum atomic E-state index is 12.0. The van der Waals surface area contributed by atoms with Crippen molar-refractivity contribution in [1.82, 2.24) is 9.80 Å². The summed E-state index contributed by atoms with van der Waals surface area (Å²) in [6, 6.07) is 0. The Kier molecular flexibility index (Phi) is 11.0. The summed E-state index contributed by atoms with van der Waals surface area (Å²) in [5, 5.41) is 8.37. The van der Waals surface area contributed by atoms with Gasteiger partial charge in [-0.3, -0.25) is 14.4 Å². The number of nitrogens with two attached hydrogens (primary N) is 1. The minimum atomic E-state index is -1.13. The molecular formula is C22H39N3O6. The quantitative estimate of drug-likeness (QED) is 0.580. The molecule has 0 bridgehead atoms. The lowest BCUT2D eigenvalue weighted by atomic mass is 9.93. The third-order valence-corrected chi connectivity index (χ3v) is 5.52. The number of likely N-dealkylation sites (tertiary alicyclic amines) is 2. The Morgan fingerprint density at radius 3 is 2.19 bits per heavy atom. The predicted molar refractivity (Wildman–Crippen MR) is 116 cm³/mol. The second-order valence-corrected chi connectivity index (χ2v) is 9.13. The summed E-state index contributed by atoms with van der Waals surface area (Å²) in [4.78, 5) is 48.3. The number of rotatable bonds is 7. The lowest BCUT2D eigenvalue weighted by Gasteiger charge is -2.34. The Hall–Kier alpha value is -2.16. The number of ketones is 1. The Morgan fingerprint density at radius 1 is 1.19 bits per heavy atom. The number of amides is 2. The van der Waals surface area contributed by atoms with Crippen LogP contribution in [0.3, 0.4) is 0 Å². The molecule has 0 aliphatic carbocycles. The van der Waals surface area contributed by atoms with Gasteiger partial charge in [0.2, 0.25) is 5.91 Å². The highest BCUT2D eigenvalue weighted by Gasteiger charge is 2.28. The number of ether oxygens (including phenoxy) is 1. The van der Waals surface area contributed by atoms with E-state index in [1.165, 1.54) is 0 Å². The fourth-order valence-corrected chi connectivity index (χ4v) is 3.63. The van der Waals surface area contributed by atoms with Gasteiger partial charge in [-0.05, 0) is 52.4 Å². The van der Waals surface area contributed by atoms with E-state index in [1.807, 2.05) is 30.6 Å². The van der Waals surface area contributed by atoms with Crippen LogP contribution in [0.4, 0.5) is 4.79 Å². The second-order valence-electron chi connectivity index (χ2n) is 9.13. The first kappa shape index (κ1) is 26.9. The standard InChI is InChI=1S/C16H28N2O3.C6H11NO3/c1-16(2,3)21-15(20)18-11-7-13(8-12-18)6-10-17-9-4-5-14(17)19;1-2-5(8)4(3-7)6(9)10/h13H,4-12H2,1-3H3;4H,2-3,7H2,1H3,(H,9,10). The number of piperidine rings is 1. The molecule has 1 unspecified atom stereocenters. The molecule has 0 spiro atoms. The highest BCUT2D eigenvalue weighted by Crippen LogP contribution is 2.23. The molecule has 2 aliphatic heterocycles. The molecule has 9 nitrogen and oxygen atoms in total. The zero-order chi connectivity index (χ0) is 23.6. The zero-order valence-corrected chi connectivity index (χ0v) is 19.4. The average Bonchev–Trinajstić information content (AvgIpc) is 3.11. The topological polar surface area (TPSA) is 130 Å². The van der Waals surface area contributed by atoms with Crippen LogP contribution in [0.25, 0.3) is 0 Å². The van der Waals surface area contributed by atoms with Crippen molar-refractivity contribution < 1.29 is 29.0 Å². The summed E-state index contributed by atoms with van der Waals surface area (Å²) < 4.78 is 5.40. The molecule has 0 radical (unpaired) electrons. The van der Waals surface area contributed by atoms with Gasteiger partial charge >= 0.3 is 12.1 Å². The van der Waals surface area contributed by atoms with Crippen LogP contribution in [0.5, 0.6) is 0 Å². The molecule has 0 aromatic carbocycles. The van der Waals surface area contributed by atoms with Crippen LogP contribution in [0.2, 0.25) is 0 Å². The van der Waals surface area contributed by atoms with Crippen LogP contribution < -0.4 is 5.73 Å². The maximum absolute atomic E-state index is 12.0. The highest BCUT2D eigenvalue weighted by molar-refractivity contribution is 5.98. The Labute approximate surface area is 185 Å². The van der Waals surface area contributed by atoms with E-state index in [0.717, 1.165) is 58.3 Å². The molecule has 0 aromatic heterocycles. The van der Waals surface area contributed by atoms with Crippen molar-refractivity contribution in [2.45, 2.75) is 71.8 Å². The van der Waals surface area contributed by atoms with E-state index in [9.17, 15) is 19.2 Å². The summed E-state index contributed by atoms with van der Waals surface area (Å²) in [6.07, 6.45) is 4.85. The monoisotopic (exact) mass is 441 g/mol. The van der Waals surface area contributed by atoms with Gasteiger partial charge in [0.25, 0.3) is 0 Å². The number of hydrogen-bond donors (Lipinski definition) is 2. The van der Waals surface area contributed by atoms with Crippen molar-refractivity contribution in [3.63, 3.8) is 0 Å². The molecule has 178 valence electrons. The molecule has 0 aromatic rings. The van der Waals surface area contributed by atoms with E-state index < -0.39 is 17.5 Å². The van der Waals surface area contributed by atoms with Crippen LogP contribution in [-0.4, -0.2) is 77.0 Å². The van der Waals surface area contributed by atoms with Gasteiger partial charge in [-0.1, -0.05) is 6.92 Å². The largest absolute Gasteiger partial charge is 0.481 e. The molecule has 3 N–H and O–H groups in total. The van der Waals surface area contributed by atoms with Crippen LogP contribution in [0.1, 0.15) is 66.2 Å². The number of carbonyl (C=O) groups excluding carboxylic acids is 3. The third kappa shape index (κ3) is 9.67. The summed E-state index contributed by atoms with van der Waals surface area (Å²) >= 11 is 0. The number of carboxylic acid groups (broad SMARTS) is 1. The smallest absolute Gasteiger partial charge is 0.410 e. The first-order valence-electron chi connectivity index (χ1n) is 11.2. The van der Waals surface area contributed by atoms with Crippen LogP contribution in [-0.2, 0) is 19.1 Å². The van der Waals surface area contributed by atoms with E-state index >= 15 is 0 Å². The van der Waals surface area contributed by atoms with Gasteiger partial charge in [0, 0.05) is 45.6 Å². The SMILES string of the molecule is CC(C)(C)OC(=O)N1CCC(CCN2CCCC2=O)CC1.CCC(=O)C(CN)C(=O)O. The van der Waals surface area contributed by atoms with E-state index in [0.29, 0.717) is 11.8 Å². The van der Waals surface area contributed by atoms with Gasteiger partial charge in [0.05, 0.1) is 0 Å². The van der Waals surface area contributed by atoms with Crippen LogP contribution >= 0.6 is 0 Å². The van der Waals surface area contributed by atoms with Crippen LogP contribution in [0, 0.1) is 11.8 Å². The molecule has 2 aliphatic rings. The molecular weight excluding hydrogens is 402 g/mol. The fourth-order valence-electron chi connectivity index (χ4n) is 3.63. The highest BCUT2D eigenvalue weighted by atomic mass is 16.6. The molecule has 0 saturated carbocycles. The molecule has 31 heavy (non-hydrogen) atoms. The normalized spacial score (nSPS) is 18.3. The number of carboxylic acids is 1. The predicted octanol–water partition coefficient (Wildman–Crippen LogP) is 2.27. The lowest BCUT2D eigenvalue weighted by Crippen LogP contribution is -2.42. The lowest BCUT2D eigenvalue weighted by molar-refractivity contribution is -0.145. The Balaban J connectivity index is 0.000000407. The Bertz CT molecular complexity index is 623. The minimum Gasteiger partial charge on any atom is -0.481 e. The minimum absolute atomic E-state index is 0.109. The van der Waals surface area contributed by atoms with E-state index in [2.05, 4.69) is 0 Å². The van der Waals surface area contributed by atoms with Crippen molar-refractivity contribution in [3.05, 3.63) is 0 Å². The third-order valence-electron chi connectivity index (χ3n) is 5.52. The van der Waals surface area contributed by atoms with E-state index in [-0.39, 0.29) is 24.8 Å². The fraction of sp³-hybridized carbons (Fsp3) is 0.818. The van der Waals surface area contributed by atoms with Gasteiger partial charge in [0.1, 0.15) is 17.3 Å². The van der Waals surface area contributed by atoms with Gasteiger partial charge in [-0.2, -0.15) is 0 Å². The van der Waals surface area contributed by atoms with Gasteiger partial charge in [-0.15, -0.1) is 0 Å². The molecule has 2 rings (SSSR count). The molecule has 2 heterocycles. The van der Waals surface area contributed by atoms with Crippen LogP contribution in [0.15, 0.2) is 0 Å². The molecule has 2 saturated heterocycles. The molecule has 9 heteroatoms. The second kappa shape index (κ2) is 12.6. The first-order valence-corrected chi connectivity index (χ1v) is 11.2. The molecule has 2 fully saturated rings. The van der Waals surface area contributed by atoms with Gasteiger partial charge in [0.15, 0.2) is 0 Å². The molecule has 2 amide bonds. The van der Waals surface area contributed by atoms with E-state index in [1.54, 1.807) is 6.92 Å². The van der Waals surface area contributed by atoms with Crippen molar-refractivity contribution in [2.24, 2.45) is 17.6 Å². The van der Waals surface area contributed by atoms with Crippen molar-refractivity contribution >= 4 is 23.8 Å². The van der Waals surface area contributed by atoms with E-state index in [4.69, 9.17) is 15.6 Å². The van der Waals surface area contributed by atoms with Gasteiger partial charge < -0.3 is 25.4 Å². The number of aliphatic carboxylic acids is 1. The summed E-state index contributed by atoms with van der Waals surface area (Å²) in [7, 11) is 0. The maximum Gasteiger partial charge on any atom is 0.410 e. The number of hydrogen-bond acceptors (Lipinski definition) is 6. The Morgan fingerprint density at radius 2 is 1.81 bits per heavy atom. The van der Waals surface area contributed by atoms with Crippen molar-refractivity contribution in [3.8, 4) is 0 Å². The average molecular weight is 442 g/mol. The summed E-state index contributed by atoms with van der Waals surface area (Å²) in [5.74, 6) is -1.52. The first-order chi connectivity index (χ1) is 14.5. The molecule has 1 atom stereocenters. The summed E-state index contributed by atoms with van der Waals surface area (Å²) in [6.45, 7) is 10.5. The van der Waals surface area contributed by atoms with Gasteiger partial charge in [-0.25, -0.2) is 4.79 Å². The van der Waals surface area contributed by atoms with Crippen molar-refractivity contribution in [2.75, 3.05) is 32.7 Å². The number of carbonyl (C=O) groups is 4. The summed E-state index contributed by atoms with van der Waals surface area (Å²) in [5.41, 5.74) is 4.62. The number of Topliss-reactive ketones (excluding diaryl/α,β-unsaturated/α-hetero) is 1. The number of nitrogens with zero attached hydrogens (tertiary/aromatic N) is 2.